The minimum absolute atomic E-state index is 0.0681. The molecule has 2 aliphatic rings. The summed E-state index contributed by atoms with van der Waals surface area (Å²) in [5.74, 6) is 0.0514. The lowest BCUT2D eigenvalue weighted by molar-refractivity contribution is -0.0847. The van der Waals surface area contributed by atoms with Crippen molar-refractivity contribution in [1.82, 2.24) is 29.7 Å². The van der Waals surface area contributed by atoms with Crippen molar-refractivity contribution >= 4 is 28.4 Å². The van der Waals surface area contributed by atoms with Crippen LogP contribution in [-0.2, 0) is 7.05 Å². The van der Waals surface area contributed by atoms with Gasteiger partial charge in [0.1, 0.15) is 24.0 Å². The summed E-state index contributed by atoms with van der Waals surface area (Å²) in [6, 6.07) is 5.33. The topological polar surface area (TPSA) is 159 Å². The molecule has 4 N–H and O–H groups in total. The molecule has 0 bridgehead atoms. The Morgan fingerprint density at radius 2 is 1.98 bits per heavy atom. The van der Waals surface area contributed by atoms with Crippen molar-refractivity contribution in [1.29, 1.82) is 0 Å². The van der Waals surface area contributed by atoms with E-state index in [2.05, 4.69) is 20.5 Å². The zero-order valence-corrected chi connectivity index (χ0v) is 23.0. The van der Waals surface area contributed by atoms with Crippen molar-refractivity contribution in [2.24, 2.45) is 18.2 Å². The maximum atomic E-state index is 13.0. The minimum atomic E-state index is -0.951. The molecule has 2 amide bonds. The third-order valence-corrected chi connectivity index (χ3v) is 7.85. The van der Waals surface area contributed by atoms with E-state index in [9.17, 15) is 14.7 Å². The van der Waals surface area contributed by atoms with Crippen LogP contribution in [-0.4, -0.2) is 65.7 Å². The lowest BCUT2D eigenvalue weighted by atomic mass is 9.53. The fourth-order valence-electron chi connectivity index (χ4n) is 5.91. The van der Waals surface area contributed by atoms with E-state index in [0.717, 1.165) is 36.8 Å². The molecule has 2 aliphatic carbocycles. The first-order valence-electron chi connectivity index (χ1n) is 13.3. The van der Waals surface area contributed by atoms with E-state index in [4.69, 9.17) is 15.2 Å². The molecule has 12 nitrogen and oxygen atoms in total. The Labute approximate surface area is 230 Å². The highest BCUT2D eigenvalue weighted by atomic mass is 16.5. The van der Waals surface area contributed by atoms with Crippen LogP contribution in [0.2, 0.25) is 0 Å². The molecule has 0 unspecified atom stereocenters. The lowest BCUT2D eigenvalue weighted by Gasteiger charge is -2.57. The molecular formula is C28H33N7O5. The smallest absolute Gasteiger partial charge is 0.255 e. The summed E-state index contributed by atoms with van der Waals surface area (Å²) >= 11 is 0. The van der Waals surface area contributed by atoms with Gasteiger partial charge in [-0.25, -0.2) is 4.52 Å². The molecule has 0 saturated heterocycles. The van der Waals surface area contributed by atoms with Crippen molar-refractivity contribution in [3.8, 4) is 11.6 Å². The number of primary amides is 1. The Bertz CT molecular complexity index is 1640. The van der Waals surface area contributed by atoms with E-state index in [1.54, 1.807) is 60.7 Å². The number of nitrogens with two attached hydrogens (primary N) is 1. The Balaban J connectivity index is 1.04. The molecule has 0 aromatic carbocycles. The lowest BCUT2D eigenvalue weighted by Crippen LogP contribution is -2.58. The number of pyridine rings is 2. The van der Waals surface area contributed by atoms with Crippen molar-refractivity contribution < 1.29 is 24.2 Å². The Hall–Kier alpha value is -4.19. The molecule has 2 saturated carbocycles. The van der Waals surface area contributed by atoms with Crippen LogP contribution in [0.1, 0.15) is 65.9 Å². The molecule has 210 valence electrons. The van der Waals surface area contributed by atoms with Gasteiger partial charge in [0.2, 0.25) is 5.88 Å². The number of hydrogen-bond donors (Lipinski definition) is 3. The number of nitrogens with one attached hydrogen (secondary N) is 1. The highest BCUT2D eigenvalue weighted by Gasteiger charge is 2.54. The predicted molar refractivity (Wildman–Crippen MR) is 145 cm³/mol. The van der Waals surface area contributed by atoms with E-state index in [1.165, 1.54) is 0 Å². The number of hydrogen-bond acceptors (Lipinski definition) is 8. The molecular weight excluding hydrogens is 514 g/mol. The molecule has 0 radical (unpaired) electrons. The van der Waals surface area contributed by atoms with Gasteiger partial charge in [0.05, 0.1) is 34.8 Å². The number of amides is 2. The van der Waals surface area contributed by atoms with Gasteiger partial charge in [-0.3, -0.25) is 14.3 Å². The van der Waals surface area contributed by atoms with Gasteiger partial charge >= 0.3 is 0 Å². The van der Waals surface area contributed by atoms with Crippen LogP contribution in [0.15, 0.2) is 30.6 Å². The molecule has 0 atom stereocenters. The van der Waals surface area contributed by atoms with Gasteiger partial charge in [0.15, 0.2) is 5.65 Å². The normalized spacial score (nSPS) is 22.2. The van der Waals surface area contributed by atoms with Crippen molar-refractivity contribution in [2.45, 2.75) is 64.2 Å². The third-order valence-electron chi connectivity index (χ3n) is 7.85. The molecule has 4 aromatic rings. The average Bonchev–Trinajstić information content (AvgIpc) is 3.38. The van der Waals surface area contributed by atoms with Gasteiger partial charge in [-0.1, -0.05) is 0 Å². The van der Waals surface area contributed by atoms with Crippen molar-refractivity contribution in [2.75, 3.05) is 6.61 Å². The monoisotopic (exact) mass is 547 g/mol. The molecule has 2 fully saturated rings. The van der Waals surface area contributed by atoms with Crippen LogP contribution in [0.4, 0.5) is 0 Å². The number of aryl methyl sites for hydroxylation is 2. The van der Waals surface area contributed by atoms with Gasteiger partial charge in [-0.05, 0) is 70.1 Å². The summed E-state index contributed by atoms with van der Waals surface area (Å²) in [6.07, 6.45) is 6.55. The van der Waals surface area contributed by atoms with E-state index in [0.29, 0.717) is 22.5 Å². The number of ether oxygens (including phenoxy) is 2. The summed E-state index contributed by atoms with van der Waals surface area (Å²) in [5, 5.41) is 22.4. The van der Waals surface area contributed by atoms with Crippen LogP contribution in [0.3, 0.4) is 0 Å². The summed E-state index contributed by atoms with van der Waals surface area (Å²) in [4.78, 5) is 29.7. The second-order valence-electron chi connectivity index (χ2n) is 11.9. The minimum Gasteiger partial charge on any atom is -0.489 e. The summed E-state index contributed by atoms with van der Waals surface area (Å²) < 4.78 is 15.0. The fourth-order valence-corrected chi connectivity index (χ4v) is 5.91. The first kappa shape index (κ1) is 26.1. The van der Waals surface area contributed by atoms with Crippen LogP contribution in [0.25, 0.3) is 16.6 Å². The number of nitrogens with zero attached hydrogens (tertiary/aromatic N) is 5. The Kier molecular flexibility index (Phi) is 5.98. The third kappa shape index (κ3) is 4.72. The van der Waals surface area contributed by atoms with Gasteiger partial charge < -0.3 is 25.6 Å². The van der Waals surface area contributed by atoms with Gasteiger partial charge in [0, 0.05) is 18.5 Å². The van der Waals surface area contributed by atoms with Gasteiger partial charge in [-0.15, -0.1) is 0 Å². The maximum Gasteiger partial charge on any atom is 0.255 e. The van der Waals surface area contributed by atoms with Crippen LogP contribution in [0, 0.1) is 12.3 Å². The first-order chi connectivity index (χ1) is 18.9. The van der Waals surface area contributed by atoms with Gasteiger partial charge in [-0.2, -0.15) is 15.2 Å². The fraction of sp³-hybridized carbons (Fsp3) is 0.464. The van der Waals surface area contributed by atoms with E-state index >= 15 is 0 Å². The number of rotatable bonds is 8. The largest absolute Gasteiger partial charge is 0.489 e. The van der Waals surface area contributed by atoms with Crippen molar-refractivity contribution in [3.05, 3.63) is 47.4 Å². The molecule has 4 aromatic heterocycles. The standard InChI is InChI=1S/C28H33N7O5/c1-15-19-7-20(23(29)36)26(32-24(19)34(4)33-15)40-18-10-28(11-18)8-16(9-28)31-25(37)21-12-30-35-13-17(5-6-22(21)35)39-14-27(2,3)38/h5-7,12-13,16,18,38H,8-11,14H2,1-4H3,(H2,29,36)(H,31,37). The van der Waals surface area contributed by atoms with Crippen LogP contribution >= 0.6 is 0 Å². The molecule has 1 spiro atoms. The molecule has 40 heavy (non-hydrogen) atoms. The Morgan fingerprint density at radius 1 is 1.23 bits per heavy atom. The highest BCUT2D eigenvalue weighted by Crippen LogP contribution is 2.57. The Morgan fingerprint density at radius 3 is 2.67 bits per heavy atom. The molecule has 12 heteroatoms. The van der Waals surface area contributed by atoms with Crippen LogP contribution < -0.4 is 20.5 Å². The quantitative estimate of drug-likeness (QED) is 0.303. The number of aliphatic hydroxyl groups is 1. The van der Waals surface area contributed by atoms with E-state index in [1.807, 2.05) is 6.92 Å². The summed E-state index contributed by atoms with van der Waals surface area (Å²) in [5.41, 5.74) is 7.63. The van der Waals surface area contributed by atoms with E-state index < -0.39 is 11.5 Å². The second-order valence-corrected chi connectivity index (χ2v) is 11.9. The SMILES string of the molecule is Cc1nn(C)c2nc(OC3CC4(CC(NC(=O)c5cnn6cc(OCC(C)(C)O)ccc56)C4)C3)c(C(N)=O)cc12. The summed E-state index contributed by atoms with van der Waals surface area (Å²) in [6.45, 7) is 5.34. The van der Waals surface area contributed by atoms with Crippen molar-refractivity contribution in [3.63, 3.8) is 0 Å². The summed E-state index contributed by atoms with van der Waals surface area (Å²) in [7, 11) is 1.80. The number of carbonyl (C=O) groups excluding carboxylic acids is 2. The average molecular weight is 548 g/mol. The predicted octanol–water partition coefficient (Wildman–Crippen LogP) is 2.29. The zero-order chi connectivity index (χ0) is 28.4. The van der Waals surface area contributed by atoms with E-state index in [-0.39, 0.29) is 41.5 Å². The first-order valence-corrected chi connectivity index (χ1v) is 13.3. The zero-order valence-electron chi connectivity index (χ0n) is 23.0. The number of carbonyl (C=O) groups is 2. The highest BCUT2D eigenvalue weighted by molar-refractivity contribution is 6.01. The second kappa shape index (κ2) is 9.19. The molecule has 4 heterocycles. The van der Waals surface area contributed by atoms with Crippen LogP contribution in [0.5, 0.6) is 11.6 Å². The number of aromatic nitrogens is 5. The molecule has 6 rings (SSSR count). The number of fused-ring (bicyclic) bond motifs is 2. The maximum absolute atomic E-state index is 13.0. The van der Waals surface area contributed by atoms with Gasteiger partial charge in [0.25, 0.3) is 11.8 Å². The molecule has 0 aliphatic heterocycles.